The zero-order valence-electron chi connectivity index (χ0n) is 10.8. The Bertz CT molecular complexity index is 432. The van der Waals surface area contributed by atoms with Gasteiger partial charge < -0.3 is 19.5 Å². The molecule has 1 aromatic rings. The third kappa shape index (κ3) is 3.46. The summed E-state index contributed by atoms with van der Waals surface area (Å²) in [7, 11) is 0. The molecule has 7 nitrogen and oxygen atoms in total. The molecule has 0 aromatic carbocycles. The molecule has 2 heterocycles. The van der Waals surface area contributed by atoms with Crippen LogP contribution in [0.3, 0.4) is 0 Å². The number of carbonyl (C=O) groups excluding carboxylic acids is 2. The van der Waals surface area contributed by atoms with E-state index in [4.69, 9.17) is 4.74 Å². The number of carbonyl (C=O) groups is 2. The molecule has 0 radical (unpaired) electrons. The third-order valence-electron chi connectivity index (χ3n) is 2.96. The Hall–Kier alpha value is -2.05. The second kappa shape index (κ2) is 6.21. The maximum atomic E-state index is 12.1. The summed E-state index contributed by atoms with van der Waals surface area (Å²) in [5, 5.41) is 6.38. The van der Waals surface area contributed by atoms with Crippen molar-refractivity contribution >= 4 is 12.0 Å². The molecule has 0 spiro atoms. The van der Waals surface area contributed by atoms with Crippen LogP contribution in [0.15, 0.2) is 16.9 Å². The van der Waals surface area contributed by atoms with Gasteiger partial charge >= 0.3 is 6.09 Å². The van der Waals surface area contributed by atoms with Gasteiger partial charge in [-0.1, -0.05) is 5.16 Å². The van der Waals surface area contributed by atoms with Crippen molar-refractivity contribution in [1.82, 2.24) is 15.4 Å². The third-order valence-corrected chi connectivity index (χ3v) is 2.96. The quantitative estimate of drug-likeness (QED) is 0.884. The van der Waals surface area contributed by atoms with E-state index in [1.165, 1.54) is 12.3 Å². The van der Waals surface area contributed by atoms with Crippen LogP contribution < -0.4 is 5.32 Å². The first kappa shape index (κ1) is 13.4. The number of rotatable bonds is 3. The molecule has 0 saturated carbocycles. The Morgan fingerprint density at radius 3 is 3.16 bits per heavy atom. The highest BCUT2D eigenvalue weighted by atomic mass is 16.5. The van der Waals surface area contributed by atoms with Crippen LogP contribution in [0.25, 0.3) is 0 Å². The molecular formula is C12H17N3O4. The first-order chi connectivity index (χ1) is 9.20. The number of amides is 2. The Morgan fingerprint density at radius 2 is 2.47 bits per heavy atom. The van der Waals surface area contributed by atoms with E-state index in [1.54, 1.807) is 11.8 Å². The second-order valence-electron chi connectivity index (χ2n) is 4.34. The lowest BCUT2D eigenvalue weighted by Crippen LogP contribution is -2.49. The summed E-state index contributed by atoms with van der Waals surface area (Å²) >= 11 is 0. The van der Waals surface area contributed by atoms with Crippen LogP contribution in [-0.4, -0.2) is 47.8 Å². The fourth-order valence-electron chi connectivity index (χ4n) is 2.10. The summed E-state index contributed by atoms with van der Waals surface area (Å²) in [4.78, 5) is 25.1. The predicted molar refractivity (Wildman–Crippen MR) is 65.6 cm³/mol. The van der Waals surface area contributed by atoms with E-state index in [9.17, 15) is 9.59 Å². The lowest BCUT2D eigenvalue weighted by molar-refractivity contribution is 0.0676. The van der Waals surface area contributed by atoms with Crippen molar-refractivity contribution in [2.75, 3.05) is 19.7 Å². The maximum absolute atomic E-state index is 12.1. The average molecular weight is 267 g/mol. The standard InChI is InChI=1S/C12H17N3O4/c1-2-18-12(17)13-9-4-3-6-15(8-9)11(16)10-5-7-19-14-10/h5,7,9H,2-4,6,8H2,1H3,(H,13,17)/t9-/m0/s1. The minimum atomic E-state index is -0.441. The van der Waals surface area contributed by atoms with Crippen molar-refractivity contribution < 1.29 is 18.8 Å². The van der Waals surface area contributed by atoms with Crippen molar-refractivity contribution in [2.45, 2.75) is 25.8 Å². The molecule has 2 amide bonds. The Balaban J connectivity index is 1.90. The maximum Gasteiger partial charge on any atom is 0.407 e. The Morgan fingerprint density at radius 1 is 1.63 bits per heavy atom. The zero-order valence-corrected chi connectivity index (χ0v) is 10.8. The molecule has 1 aromatic heterocycles. The second-order valence-corrected chi connectivity index (χ2v) is 4.34. The van der Waals surface area contributed by atoms with E-state index in [0.717, 1.165) is 12.8 Å². The molecule has 1 saturated heterocycles. The number of ether oxygens (including phenoxy) is 1. The molecule has 2 rings (SSSR count). The van der Waals surface area contributed by atoms with E-state index < -0.39 is 6.09 Å². The highest BCUT2D eigenvalue weighted by Crippen LogP contribution is 2.13. The zero-order chi connectivity index (χ0) is 13.7. The fourth-order valence-corrected chi connectivity index (χ4v) is 2.10. The summed E-state index contributed by atoms with van der Waals surface area (Å²) < 4.78 is 9.49. The highest BCUT2D eigenvalue weighted by Gasteiger charge is 2.26. The fraction of sp³-hybridized carbons (Fsp3) is 0.583. The van der Waals surface area contributed by atoms with Gasteiger partial charge in [0.1, 0.15) is 6.26 Å². The summed E-state index contributed by atoms with van der Waals surface area (Å²) in [6.45, 7) is 3.21. The minimum absolute atomic E-state index is 0.0800. The van der Waals surface area contributed by atoms with Gasteiger partial charge in [-0.2, -0.15) is 0 Å². The summed E-state index contributed by atoms with van der Waals surface area (Å²) in [6, 6.07) is 1.45. The van der Waals surface area contributed by atoms with E-state index in [2.05, 4.69) is 15.0 Å². The molecule has 0 bridgehead atoms. The lowest BCUT2D eigenvalue weighted by atomic mass is 10.1. The Kier molecular flexibility index (Phi) is 4.38. The SMILES string of the molecule is CCOC(=O)N[C@H]1CCCN(C(=O)c2ccon2)C1. The number of hydrogen-bond donors (Lipinski definition) is 1. The summed E-state index contributed by atoms with van der Waals surface area (Å²) in [6.07, 6.45) is 2.59. The number of alkyl carbamates (subject to hydrolysis) is 1. The van der Waals surface area contributed by atoms with Crippen LogP contribution >= 0.6 is 0 Å². The predicted octanol–water partition coefficient (Wildman–Crippen LogP) is 1.03. The summed E-state index contributed by atoms with van der Waals surface area (Å²) in [5.74, 6) is -0.177. The van der Waals surface area contributed by atoms with Crippen molar-refractivity contribution in [3.05, 3.63) is 18.0 Å². The molecule has 7 heteroatoms. The molecule has 104 valence electrons. The van der Waals surface area contributed by atoms with Gasteiger partial charge in [-0.25, -0.2) is 4.79 Å². The normalized spacial score (nSPS) is 19.0. The van der Waals surface area contributed by atoms with Gasteiger partial charge in [0, 0.05) is 25.2 Å². The first-order valence-electron chi connectivity index (χ1n) is 6.33. The summed E-state index contributed by atoms with van der Waals surface area (Å²) in [5.41, 5.74) is 0.289. The molecule has 0 aliphatic carbocycles. The molecule has 1 N–H and O–H groups in total. The van der Waals surface area contributed by atoms with Crippen LogP contribution in [0.2, 0.25) is 0 Å². The van der Waals surface area contributed by atoms with Crippen molar-refractivity contribution in [3.63, 3.8) is 0 Å². The van der Waals surface area contributed by atoms with Gasteiger partial charge in [-0.05, 0) is 19.8 Å². The smallest absolute Gasteiger partial charge is 0.407 e. The van der Waals surface area contributed by atoms with Crippen LogP contribution in [0.1, 0.15) is 30.3 Å². The molecule has 19 heavy (non-hydrogen) atoms. The number of nitrogens with zero attached hydrogens (tertiary/aromatic N) is 2. The molecular weight excluding hydrogens is 250 g/mol. The minimum Gasteiger partial charge on any atom is -0.450 e. The lowest BCUT2D eigenvalue weighted by Gasteiger charge is -2.32. The largest absolute Gasteiger partial charge is 0.450 e. The topological polar surface area (TPSA) is 84.7 Å². The van der Waals surface area contributed by atoms with Crippen LogP contribution in [0.4, 0.5) is 4.79 Å². The number of likely N-dealkylation sites (tertiary alicyclic amines) is 1. The number of hydrogen-bond acceptors (Lipinski definition) is 5. The highest BCUT2D eigenvalue weighted by molar-refractivity contribution is 5.92. The van der Waals surface area contributed by atoms with Crippen LogP contribution in [0, 0.1) is 0 Å². The van der Waals surface area contributed by atoms with Crippen molar-refractivity contribution in [1.29, 1.82) is 0 Å². The van der Waals surface area contributed by atoms with E-state index in [0.29, 0.717) is 19.7 Å². The van der Waals surface area contributed by atoms with E-state index in [1.807, 2.05) is 0 Å². The number of aromatic nitrogens is 1. The van der Waals surface area contributed by atoms with Gasteiger partial charge in [0.25, 0.3) is 5.91 Å². The van der Waals surface area contributed by atoms with Crippen LogP contribution in [-0.2, 0) is 4.74 Å². The Labute approximate surface area is 110 Å². The first-order valence-corrected chi connectivity index (χ1v) is 6.33. The van der Waals surface area contributed by atoms with Crippen molar-refractivity contribution in [2.24, 2.45) is 0 Å². The van der Waals surface area contributed by atoms with Gasteiger partial charge in [-0.15, -0.1) is 0 Å². The molecule has 1 aliphatic heterocycles. The van der Waals surface area contributed by atoms with Gasteiger partial charge in [0.2, 0.25) is 0 Å². The van der Waals surface area contributed by atoms with Crippen molar-refractivity contribution in [3.8, 4) is 0 Å². The molecule has 1 aliphatic rings. The van der Waals surface area contributed by atoms with Gasteiger partial charge in [-0.3, -0.25) is 4.79 Å². The number of nitrogens with one attached hydrogen (secondary N) is 1. The van der Waals surface area contributed by atoms with Gasteiger partial charge in [0.05, 0.1) is 6.61 Å². The van der Waals surface area contributed by atoms with E-state index >= 15 is 0 Å². The van der Waals surface area contributed by atoms with E-state index in [-0.39, 0.29) is 17.6 Å². The molecule has 1 fully saturated rings. The van der Waals surface area contributed by atoms with Gasteiger partial charge in [0.15, 0.2) is 5.69 Å². The molecule has 0 unspecified atom stereocenters. The number of piperidine rings is 1. The average Bonchev–Trinajstić information content (AvgIpc) is 2.92. The van der Waals surface area contributed by atoms with Crippen LogP contribution in [0.5, 0.6) is 0 Å². The molecule has 1 atom stereocenters. The monoisotopic (exact) mass is 267 g/mol.